The zero-order chi connectivity index (χ0) is 17.3. The molecule has 0 saturated carbocycles. The maximum absolute atomic E-state index is 13.5. The molecule has 7 nitrogen and oxygen atoms in total. The van der Waals surface area contributed by atoms with Crippen LogP contribution in [0.15, 0.2) is 41.6 Å². The van der Waals surface area contributed by atoms with Gasteiger partial charge in [0.25, 0.3) is 0 Å². The van der Waals surface area contributed by atoms with Crippen LogP contribution in [0.4, 0.5) is 4.39 Å². The summed E-state index contributed by atoms with van der Waals surface area (Å²) in [5, 5.41) is 6.73. The number of carbonyl (C=O) groups excluding carboxylic acids is 1. The largest absolute Gasteiger partial charge is 0.350 e. The highest BCUT2D eigenvalue weighted by Crippen LogP contribution is 2.19. The number of nitrogens with one attached hydrogen (secondary N) is 1. The van der Waals surface area contributed by atoms with Gasteiger partial charge in [-0.15, -0.1) is 5.10 Å². The molecule has 3 aromatic rings. The molecule has 1 atom stereocenters. The summed E-state index contributed by atoms with van der Waals surface area (Å²) in [6.45, 7) is 1.46. The molecule has 0 radical (unpaired) electrons. The van der Waals surface area contributed by atoms with Gasteiger partial charge in [0.05, 0.1) is 17.3 Å². The Labute approximate surface area is 140 Å². The first-order chi connectivity index (χ1) is 11.5. The number of aromatic nitrogens is 4. The molecule has 2 aromatic heterocycles. The lowest BCUT2D eigenvalue weighted by Crippen LogP contribution is -2.34. The molecule has 1 N–H and O–H groups in total. The lowest BCUT2D eigenvalue weighted by Gasteiger charge is -2.14. The lowest BCUT2D eigenvalue weighted by atomic mass is 10.1. The van der Waals surface area contributed by atoms with Crippen LogP contribution in [-0.4, -0.2) is 25.1 Å². The van der Waals surface area contributed by atoms with Crippen LogP contribution in [0, 0.1) is 5.82 Å². The van der Waals surface area contributed by atoms with Crippen molar-refractivity contribution in [3.05, 3.63) is 63.7 Å². The Hall–Kier alpha value is -2.74. The van der Waals surface area contributed by atoms with Crippen molar-refractivity contribution in [2.75, 3.05) is 0 Å². The second-order valence-corrected chi connectivity index (χ2v) is 5.61. The van der Waals surface area contributed by atoms with Crippen LogP contribution in [0.2, 0.25) is 5.02 Å². The molecule has 0 saturated heterocycles. The fourth-order valence-electron chi connectivity index (χ4n) is 2.27. The molecule has 0 bridgehead atoms. The van der Waals surface area contributed by atoms with Crippen molar-refractivity contribution in [2.24, 2.45) is 0 Å². The number of nitrogens with zero attached hydrogens (tertiary/aromatic N) is 4. The Morgan fingerprint density at radius 2 is 2.25 bits per heavy atom. The van der Waals surface area contributed by atoms with E-state index in [1.165, 1.54) is 35.1 Å². The predicted octanol–water partition coefficient (Wildman–Crippen LogP) is 1.56. The Bertz CT molecular complexity index is 968. The Morgan fingerprint density at radius 1 is 1.46 bits per heavy atom. The zero-order valence-corrected chi connectivity index (χ0v) is 13.4. The normalized spacial score (nSPS) is 12.3. The molecule has 0 aliphatic carbocycles. The quantitative estimate of drug-likeness (QED) is 0.775. The third-order valence-corrected chi connectivity index (χ3v) is 3.81. The number of benzene rings is 1. The van der Waals surface area contributed by atoms with Crippen molar-refractivity contribution in [1.82, 2.24) is 24.5 Å². The molecule has 1 amide bonds. The highest BCUT2D eigenvalue weighted by Gasteiger charge is 2.14. The number of halogens is 2. The molecule has 124 valence electrons. The van der Waals surface area contributed by atoms with Gasteiger partial charge in [0.15, 0.2) is 5.65 Å². The maximum atomic E-state index is 13.5. The van der Waals surface area contributed by atoms with Gasteiger partial charge in [-0.25, -0.2) is 18.3 Å². The zero-order valence-electron chi connectivity index (χ0n) is 12.6. The summed E-state index contributed by atoms with van der Waals surface area (Å²) in [6, 6.07) is 3.86. The van der Waals surface area contributed by atoms with E-state index >= 15 is 0 Å². The molecule has 24 heavy (non-hydrogen) atoms. The van der Waals surface area contributed by atoms with E-state index in [0.29, 0.717) is 11.2 Å². The highest BCUT2D eigenvalue weighted by atomic mass is 35.5. The third kappa shape index (κ3) is 3.13. The van der Waals surface area contributed by atoms with E-state index in [1.54, 1.807) is 13.0 Å². The van der Waals surface area contributed by atoms with Gasteiger partial charge in [-0.3, -0.25) is 9.78 Å². The first-order valence-corrected chi connectivity index (χ1v) is 7.47. The first kappa shape index (κ1) is 16.1. The lowest BCUT2D eigenvalue weighted by molar-refractivity contribution is -0.122. The van der Waals surface area contributed by atoms with Crippen molar-refractivity contribution in [2.45, 2.75) is 19.5 Å². The molecule has 0 aliphatic heterocycles. The fourth-order valence-corrected chi connectivity index (χ4v) is 2.39. The van der Waals surface area contributed by atoms with E-state index in [4.69, 9.17) is 11.6 Å². The number of rotatable bonds is 4. The molecule has 1 aromatic carbocycles. The van der Waals surface area contributed by atoms with Crippen LogP contribution in [0.5, 0.6) is 0 Å². The average Bonchev–Trinajstić information content (AvgIpc) is 2.86. The van der Waals surface area contributed by atoms with Gasteiger partial charge in [-0.1, -0.05) is 17.7 Å². The monoisotopic (exact) mass is 349 g/mol. The van der Waals surface area contributed by atoms with E-state index in [2.05, 4.69) is 15.4 Å². The summed E-state index contributed by atoms with van der Waals surface area (Å²) in [5.41, 5.74) is 0.479. The van der Waals surface area contributed by atoms with E-state index < -0.39 is 23.5 Å². The molecule has 2 heterocycles. The molecule has 3 rings (SSSR count). The second kappa shape index (κ2) is 6.40. The molecule has 0 spiro atoms. The maximum Gasteiger partial charge on any atom is 0.350 e. The number of hydrogen-bond donors (Lipinski definition) is 1. The number of hydrogen-bond acceptors (Lipinski definition) is 4. The Balaban J connectivity index is 1.73. The Morgan fingerprint density at radius 3 is 2.96 bits per heavy atom. The van der Waals surface area contributed by atoms with Gasteiger partial charge >= 0.3 is 5.69 Å². The smallest absolute Gasteiger partial charge is 0.348 e. The van der Waals surface area contributed by atoms with Crippen LogP contribution in [-0.2, 0) is 11.3 Å². The van der Waals surface area contributed by atoms with E-state index in [0.717, 1.165) is 4.68 Å². The topological polar surface area (TPSA) is 81.3 Å². The van der Waals surface area contributed by atoms with Gasteiger partial charge in [-0.05, 0) is 24.6 Å². The average molecular weight is 350 g/mol. The van der Waals surface area contributed by atoms with Crippen LogP contribution < -0.4 is 11.0 Å². The van der Waals surface area contributed by atoms with E-state index in [-0.39, 0.29) is 11.6 Å². The summed E-state index contributed by atoms with van der Waals surface area (Å²) in [7, 11) is 0. The van der Waals surface area contributed by atoms with Gasteiger partial charge < -0.3 is 5.32 Å². The number of carbonyl (C=O) groups is 1. The van der Waals surface area contributed by atoms with Gasteiger partial charge in [0.1, 0.15) is 12.4 Å². The molecule has 0 aliphatic rings. The Kier molecular flexibility index (Phi) is 4.30. The highest BCUT2D eigenvalue weighted by molar-refractivity contribution is 6.30. The minimum atomic E-state index is -0.556. The summed E-state index contributed by atoms with van der Waals surface area (Å²) < 4.78 is 15.8. The van der Waals surface area contributed by atoms with Crippen molar-refractivity contribution >= 4 is 23.2 Å². The summed E-state index contributed by atoms with van der Waals surface area (Å²) in [5.74, 6) is -0.976. The summed E-state index contributed by atoms with van der Waals surface area (Å²) in [4.78, 5) is 28.1. The second-order valence-electron chi connectivity index (χ2n) is 5.21. The molecular weight excluding hydrogens is 337 g/mol. The van der Waals surface area contributed by atoms with E-state index in [9.17, 15) is 14.0 Å². The third-order valence-electron chi connectivity index (χ3n) is 3.50. The van der Waals surface area contributed by atoms with Gasteiger partial charge in [0.2, 0.25) is 5.91 Å². The van der Waals surface area contributed by atoms with Crippen molar-refractivity contribution in [1.29, 1.82) is 0 Å². The summed E-state index contributed by atoms with van der Waals surface area (Å²) >= 11 is 5.64. The van der Waals surface area contributed by atoms with Crippen molar-refractivity contribution in [3.8, 4) is 0 Å². The molecule has 0 fully saturated rings. The van der Waals surface area contributed by atoms with Crippen LogP contribution in [0.1, 0.15) is 18.5 Å². The first-order valence-electron chi connectivity index (χ1n) is 7.09. The molecular formula is C15H13ClFN5O2. The van der Waals surface area contributed by atoms with Crippen LogP contribution >= 0.6 is 11.6 Å². The minimum absolute atomic E-state index is 0.0159. The number of fused-ring (bicyclic) bond motifs is 1. The fraction of sp³-hybridized carbons (Fsp3) is 0.200. The van der Waals surface area contributed by atoms with Gasteiger partial charge in [0, 0.05) is 12.4 Å². The van der Waals surface area contributed by atoms with E-state index in [1.807, 2.05) is 0 Å². The molecule has 9 heteroatoms. The SMILES string of the molecule is C[C@H](NC(=O)Cn1nc2cnccn2c1=O)c1ccc(Cl)c(F)c1. The van der Waals surface area contributed by atoms with Crippen molar-refractivity contribution < 1.29 is 9.18 Å². The van der Waals surface area contributed by atoms with Crippen LogP contribution in [0.25, 0.3) is 5.65 Å². The predicted molar refractivity (Wildman–Crippen MR) is 85.2 cm³/mol. The summed E-state index contributed by atoms with van der Waals surface area (Å²) in [6.07, 6.45) is 4.35. The standard InChI is InChI=1S/C15H13ClFN5O2/c1-9(10-2-3-11(16)12(17)6-10)19-14(23)8-22-15(24)21-5-4-18-7-13(21)20-22/h2-7,9H,8H2,1H3,(H,19,23)/t9-/m0/s1. The molecule has 0 unspecified atom stereocenters. The minimum Gasteiger partial charge on any atom is -0.348 e. The number of amides is 1. The van der Waals surface area contributed by atoms with Crippen LogP contribution in [0.3, 0.4) is 0 Å². The van der Waals surface area contributed by atoms with Gasteiger partial charge in [-0.2, -0.15) is 0 Å². The van der Waals surface area contributed by atoms with Crippen molar-refractivity contribution in [3.63, 3.8) is 0 Å².